The van der Waals surface area contributed by atoms with Gasteiger partial charge in [-0.15, -0.1) is 0 Å². The Labute approximate surface area is 127 Å². The predicted molar refractivity (Wildman–Crippen MR) is 78.6 cm³/mol. The summed E-state index contributed by atoms with van der Waals surface area (Å²) >= 11 is 0. The zero-order chi connectivity index (χ0) is 16.5. The van der Waals surface area contributed by atoms with Gasteiger partial charge in [-0.25, -0.2) is 4.98 Å². The Bertz CT molecular complexity index is 636. The molecule has 0 aliphatic heterocycles. The summed E-state index contributed by atoms with van der Waals surface area (Å²) in [6.07, 6.45) is -7.00. The Hall–Kier alpha value is -1.60. The predicted octanol–water partition coefficient (Wildman–Crippen LogP) is 3.19. The molecule has 0 unspecified atom stereocenters. The molecule has 0 spiro atoms. The maximum absolute atomic E-state index is 12.4. The van der Waals surface area contributed by atoms with Gasteiger partial charge in [0.2, 0.25) is 0 Å². The number of nitrogens with zero attached hydrogens (tertiary/aromatic N) is 2. The molecule has 0 amide bonds. The van der Waals surface area contributed by atoms with E-state index in [4.69, 9.17) is 5.11 Å². The number of nitrogens with one attached hydrogen (secondary N) is 1. The standard InChI is InChI=1S/C15H20F3N3O/c1-9(2)21-12-7-5-4-6-11(12)20-14(21)10(3)19-8-13(22)15(16,17)18/h4-7,9-10,13,19,22H,8H2,1-3H3/t10-,13+/m1/s1. The van der Waals surface area contributed by atoms with Crippen molar-refractivity contribution in [3.05, 3.63) is 30.1 Å². The molecule has 2 atom stereocenters. The first kappa shape index (κ1) is 16.8. The van der Waals surface area contributed by atoms with Crippen LogP contribution in [0.5, 0.6) is 0 Å². The van der Waals surface area contributed by atoms with Gasteiger partial charge in [-0.3, -0.25) is 0 Å². The summed E-state index contributed by atoms with van der Waals surface area (Å²) < 4.78 is 39.1. The third-order valence-electron chi connectivity index (χ3n) is 3.52. The average molecular weight is 315 g/mol. The Balaban J connectivity index is 2.24. The van der Waals surface area contributed by atoms with Crippen molar-refractivity contribution in [2.45, 2.75) is 45.1 Å². The number of para-hydroxylation sites is 2. The second kappa shape index (κ2) is 6.26. The second-order valence-corrected chi connectivity index (χ2v) is 5.61. The van der Waals surface area contributed by atoms with E-state index in [1.54, 1.807) is 6.92 Å². The Kier molecular flexibility index (Phi) is 4.77. The summed E-state index contributed by atoms with van der Waals surface area (Å²) in [6.45, 7) is 5.17. The highest BCUT2D eigenvalue weighted by Gasteiger charge is 2.38. The largest absolute Gasteiger partial charge is 0.415 e. The van der Waals surface area contributed by atoms with Crippen molar-refractivity contribution in [2.24, 2.45) is 0 Å². The Morgan fingerprint density at radius 2 is 1.86 bits per heavy atom. The fourth-order valence-corrected chi connectivity index (χ4v) is 2.41. The number of fused-ring (bicyclic) bond motifs is 1. The second-order valence-electron chi connectivity index (χ2n) is 5.61. The molecule has 0 aliphatic carbocycles. The number of aromatic nitrogens is 2. The van der Waals surface area contributed by atoms with Crippen molar-refractivity contribution in [3.63, 3.8) is 0 Å². The number of imidazole rings is 1. The van der Waals surface area contributed by atoms with Crippen molar-refractivity contribution in [2.75, 3.05) is 6.54 Å². The van der Waals surface area contributed by atoms with Gasteiger partial charge in [0.15, 0.2) is 6.10 Å². The molecule has 0 saturated heterocycles. The molecule has 1 aromatic carbocycles. The molecule has 7 heteroatoms. The van der Waals surface area contributed by atoms with E-state index in [0.29, 0.717) is 5.82 Å². The highest BCUT2D eigenvalue weighted by atomic mass is 19.4. The fourth-order valence-electron chi connectivity index (χ4n) is 2.41. The number of halogens is 3. The van der Waals surface area contributed by atoms with Gasteiger partial charge in [-0.1, -0.05) is 12.1 Å². The first-order chi connectivity index (χ1) is 10.2. The van der Waals surface area contributed by atoms with Gasteiger partial charge in [0.05, 0.1) is 17.1 Å². The maximum Gasteiger partial charge on any atom is 0.415 e. The molecule has 1 heterocycles. The summed E-state index contributed by atoms with van der Waals surface area (Å²) in [6, 6.07) is 7.29. The molecule has 122 valence electrons. The van der Waals surface area contributed by atoms with Crippen molar-refractivity contribution in [1.29, 1.82) is 0 Å². The number of aliphatic hydroxyl groups excluding tert-OH is 1. The number of aliphatic hydroxyl groups is 1. The third-order valence-corrected chi connectivity index (χ3v) is 3.52. The van der Waals surface area contributed by atoms with Crippen LogP contribution in [0.2, 0.25) is 0 Å². The molecule has 0 saturated carbocycles. The Morgan fingerprint density at radius 3 is 2.45 bits per heavy atom. The summed E-state index contributed by atoms with van der Waals surface area (Å²) in [5, 5.41) is 11.8. The topological polar surface area (TPSA) is 50.1 Å². The monoisotopic (exact) mass is 315 g/mol. The first-order valence-electron chi connectivity index (χ1n) is 7.16. The maximum atomic E-state index is 12.4. The molecule has 0 fully saturated rings. The van der Waals surface area contributed by atoms with Gasteiger partial charge < -0.3 is 15.0 Å². The van der Waals surface area contributed by atoms with E-state index < -0.39 is 24.9 Å². The van der Waals surface area contributed by atoms with Crippen molar-refractivity contribution >= 4 is 11.0 Å². The number of hydrogen-bond donors (Lipinski definition) is 2. The van der Waals surface area contributed by atoms with Crippen LogP contribution in [0.4, 0.5) is 13.2 Å². The van der Waals surface area contributed by atoms with Crippen LogP contribution in [-0.2, 0) is 0 Å². The molecular formula is C15H20F3N3O. The summed E-state index contributed by atoms with van der Waals surface area (Å²) in [5.74, 6) is 0.658. The number of rotatable bonds is 5. The number of hydrogen-bond acceptors (Lipinski definition) is 3. The average Bonchev–Trinajstić information content (AvgIpc) is 2.82. The minimum Gasteiger partial charge on any atom is -0.382 e. The number of benzene rings is 1. The minimum absolute atomic E-state index is 0.124. The zero-order valence-corrected chi connectivity index (χ0v) is 12.7. The van der Waals surface area contributed by atoms with Crippen LogP contribution in [0, 0.1) is 0 Å². The molecular weight excluding hydrogens is 295 g/mol. The molecule has 2 rings (SSSR count). The SMILES string of the molecule is CC(C)n1c([C@@H](C)NC[C@H](O)C(F)(F)F)nc2ccccc21. The van der Waals surface area contributed by atoms with Crippen LogP contribution < -0.4 is 5.32 Å². The van der Waals surface area contributed by atoms with E-state index >= 15 is 0 Å². The van der Waals surface area contributed by atoms with E-state index in [-0.39, 0.29) is 6.04 Å². The van der Waals surface area contributed by atoms with Gasteiger partial charge >= 0.3 is 6.18 Å². The van der Waals surface area contributed by atoms with E-state index in [1.807, 2.05) is 42.7 Å². The molecule has 4 nitrogen and oxygen atoms in total. The first-order valence-corrected chi connectivity index (χ1v) is 7.16. The summed E-state index contributed by atoms with van der Waals surface area (Å²) in [5.41, 5.74) is 1.74. The lowest BCUT2D eigenvalue weighted by atomic mass is 10.2. The smallest absolute Gasteiger partial charge is 0.382 e. The highest BCUT2D eigenvalue weighted by molar-refractivity contribution is 5.76. The van der Waals surface area contributed by atoms with Gasteiger partial charge in [-0.05, 0) is 32.9 Å². The molecule has 0 aliphatic rings. The Morgan fingerprint density at radius 1 is 1.23 bits per heavy atom. The van der Waals surface area contributed by atoms with E-state index in [0.717, 1.165) is 11.0 Å². The minimum atomic E-state index is -4.62. The van der Waals surface area contributed by atoms with Crippen LogP contribution in [0.15, 0.2) is 24.3 Å². The van der Waals surface area contributed by atoms with Crippen LogP contribution in [0.1, 0.15) is 38.7 Å². The van der Waals surface area contributed by atoms with Crippen LogP contribution in [0.3, 0.4) is 0 Å². The molecule has 1 aromatic heterocycles. The van der Waals surface area contributed by atoms with E-state index in [1.165, 1.54) is 0 Å². The molecule has 0 bridgehead atoms. The van der Waals surface area contributed by atoms with Gasteiger partial charge in [0.1, 0.15) is 5.82 Å². The van der Waals surface area contributed by atoms with Gasteiger partial charge in [0, 0.05) is 12.6 Å². The van der Waals surface area contributed by atoms with E-state index in [9.17, 15) is 13.2 Å². The van der Waals surface area contributed by atoms with Crippen LogP contribution >= 0.6 is 0 Å². The lowest BCUT2D eigenvalue weighted by Crippen LogP contribution is -2.39. The number of alkyl halides is 3. The van der Waals surface area contributed by atoms with Crippen LogP contribution in [-0.4, -0.2) is 33.5 Å². The molecule has 2 aromatic rings. The van der Waals surface area contributed by atoms with Crippen molar-refractivity contribution < 1.29 is 18.3 Å². The quantitative estimate of drug-likeness (QED) is 0.891. The van der Waals surface area contributed by atoms with Crippen LogP contribution in [0.25, 0.3) is 11.0 Å². The third kappa shape index (κ3) is 3.41. The molecule has 2 N–H and O–H groups in total. The van der Waals surface area contributed by atoms with Gasteiger partial charge in [0.25, 0.3) is 0 Å². The normalized spacial score (nSPS) is 15.5. The van der Waals surface area contributed by atoms with E-state index in [2.05, 4.69) is 10.3 Å². The van der Waals surface area contributed by atoms with Crippen molar-refractivity contribution in [1.82, 2.24) is 14.9 Å². The summed E-state index contributed by atoms with van der Waals surface area (Å²) in [4.78, 5) is 4.51. The van der Waals surface area contributed by atoms with Gasteiger partial charge in [-0.2, -0.15) is 13.2 Å². The fraction of sp³-hybridized carbons (Fsp3) is 0.533. The lowest BCUT2D eigenvalue weighted by Gasteiger charge is -2.21. The summed E-state index contributed by atoms with van der Waals surface area (Å²) in [7, 11) is 0. The van der Waals surface area contributed by atoms with Crippen molar-refractivity contribution in [3.8, 4) is 0 Å². The molecule has 0 radical (unpaired) electrons. The zero-order valence-electron chi connectivity index (χ0n) is 12.7. The highest BCUT2D eigenvalue weighted by Crippen LogP contribution is 2.25. The lowest BCUT2D eigenvalue weighted by molar-refractivity contribution is -0.202. The molecule has 22 heavy (non-hydrogen) atoms.